The molecule has 1 N–H and O–H groups in total. The van der Waals surface area contributed by atoms with Crippen molar-refractivity contribution in [2.24, 2.45) is 0 Å². The summed E-state index contributed by atoms with van der Waals surface area (Å²) in [5.41, 5.74) is -0.0395. The Bertz CT molecular complexity index is 588. The van der Waals surface area contributed by atoms with Gasteiger partial charge in [0.15, 0.2) is 5.82 Å². The van der Waals surface area contributed by atoms with Gasteiger partial charge in [0.05, 0.1) is 21.0 Å². The zero-order valence-electron chi connectivity index (χ0n) is 9.02. The first-order valence-electron chi connectivity index (χ1n) is 4.98. The maximum atomic E-state index is 13.5. The highest BCUT2D eigenvalue weighted by atomic mass is 35.5. The van der Waals surface area contributed by atoms with E-state index in [1.54, 1.807) is 6.07 Å². The van der Waals surface area contributed by atoms with Crippen LogP contribution in [0.25, 0.3) is 0 Å². The topological polar surface area (TPSA) is 55.2 Å². The maximum Gasteiger partial charge on any atom is 0.272 e. The molecule has 0 saturated heterocycles. The molecule has 2 aromatic rings. The molecular formula is C11H8ClFN2O2S. The second-order valence-corrected chi connectivity index (χ2v) is 5.28. The van der Waals surface area contributed by atoms with Crippen molar-refractivity contribution in [1.82, 2.24) is 0 Å². The van der Waals surface area contributed by atoms with Crippen LogP contribution in [0.15, 0.2) is 30.3 Å². The number of hydrogen-bond acceptors (Lipinski definition) is 4. The van der Waals surface area contributed by atoms with Crippen LogP contribution in [0.4, 0.5) is 15.8 Å². The third-order valence-electron chi connectivity index (χ3n) is 2.25. The highest BCUT2D eigenvalue weighted by Gasteiger charge is 2.10. The Morgan fingerprint density at radius 2 is 2.17 bits per heavy atom. The van der Waals surface area contributed by atoms with Gasteiger partial charge in [-0.1, -0.05) is 11.6 Å². The van der Waals surface area contributed by atoms with Gasteiger partial charge in [-0.25, -0.2) is 4.39 Å². The average Bonchev–Trinajstić information content (AvgIpc) is 2.73. The molecule has 0 fully saturated rings. The molecule has 0 amide bonds. The van der Waals surface area contributed by atoms with Gasteiger partial charge in [0.1, 0.15) is 0 Å². The van der Waals surface area contributed by atoms with E-state index in [1.807, 2.05) is 6.07 Å². The van der Waals surface area contributed by atoms with E-state index in [1.165, 1.54) is 23.5 Å². The molecule has 18 heavy (non-hydrogen) atoms. The predicted molar refractivity (Wildman–Crippen MR) is 69.7 cm³/mol. The Hall–Kier alpha value is -1.66. The molecule has 1 heterocycles. The van der Waals surface area contributed by atoms with Crippen molar-refractivity contribution in [3.8, 4) is 0 Å². The summed E-state index contributed by atoms with van der Waals surface area (Å²) in [6.45, 7) is 0.423. The zero-order chi connectivity index (χ0) is 13.1. The number of anilines is 1. The molecule has 0 aliphatic carbocycles. The van der Waals surface area contributed by atoms with Crippen LogP contribution in [0.2, 0.25) is 4.34 Å². The van der Waals surface area contributed by atoms with Crippen molar-refractivity contribution in [1.29, 1.82) is 0 Å². The van der Waals surface area contributed by atoms with Crippen LogP contribution in [0.1, 0.15) is 4.88 Å². The summed E-state index contributed by atoms with van der Waals surface area (Å²) in [4.78, 5) is 10.8. The third-order valence-corrected chi connectivity index (χ3v) is 3.48. The van der Waals surface area contributed by atoms with Crippen molar-refractivity contribution in [3.05, 3.63) is 55.5 Å². The summed E-state index contributed by atoms with van der Waals surface area (Å²) in [6.07, 6.45) is 0. The normalized spacial score (nSPS) is 10.3. The molecule has 0 spiro atoms. The fourth-order valence-electron chi connectivity index (χ4n) is 1.39. The summed E-state index contributed by atoms with van der Waals surface area (Å²) >= 11 is 7.16. The van der Waals surface area contributed by atoms with Crippen molar-refractivity contribution >= 4 is 34.3 Å². The van der Waals surface area contributed by atoms with Gasteiger partial charge in [-0.2, -0.15) is 0 Å². The molecule has 1 aromatic heterocycles. The fourth-order valence-corrected chi connectivity index (χ4v) is 2.42. The van der Waals surface area contributed by atoms with Gasteiger partial charge in [-0.05, 0) is 18.2 Å². The van der Waals surface area contributed by atoms with E-state index in [2.05, 4.69) is 5.32 Å². The summed E-state index contributed by atoms with van der Waals surface area (Å²) in [6, 6.07) is 7.10. The Balaban J connectivity index is 2.08. The Kier molecular flexibility index (Phi) is 3.78. The predicted octanol–water partition coefficient (Wildman–Crippen LogP) is 4.06. The molecule has 0 aliphatic heterocycles. The van der Waals surface area contributed by atoms with Gasteiger partial charge >= 0.3 is 0 Å². The van der Waals surface area contributed by atoms with Crippen LogP contribution in [0, 0.1) is 15.9 Å². The van der Waals surface area contributed by atoms with Crippen molar-refractivity contribution in [2.45, 2.75) is 6.54 Å². The van der Waals surface area contributed by atoms with Crippen LogP contribution in [0.5, 0.6) is 0 Å². The molecule has 0 radical (unpaired) electrons. The Labute approximate surface area is 111 Å². The quantitative estimate of drug-likeness (QED) is 0.681. The lowest BCUT2D eigenvalue weighted by atomic mass is 10.2. The monoisotopic (exact) mass is 286 g/mol. The summed E-state index contributed by atoms with van der Waals surface area (Å²) in [5.74, 6) is -0.646. The molecule has 1 aromatic carbocycles. The minimum Gasteiger partial charge on any atom is -0.378 e. The van der Waals surface area contributed by atoms with E-state index < -0.39 is 10.7 Å². The van der Waals surface area contributed by atoms with Gasteiger partial charge in [-0.3, -0.25) is 10.1 Å². The van der Waals surface area contributed by atoms with Gasteiger partial charge in [-0.15, -0.1) is 11.3 Å². The molecule has 7 heteroatoms. The van der Waals surface area contributed by atoms with Crippen LogP contribution >= 0.6 is 22.9 Å². The molecule has 0 atom stereocenters. The lowest BCUT2D eigenvalue weighted by molar-refractivity contribution is -0.385. The number of thiophene rings is 1. The second-order valence-electron chi connectivity index (χ2n) is 3.48. The molecule has 0 saturated carbocycles. The summed E-state index contributed by atoms with van der Waals surface area (Å²) < 4.78 is 14.2. The standard InChI is InChI=1S/C11H8ClFN2O2S/c12-11-4-2-8(18-11)6-14-10-3-1-7(15(16)17)5-9(10)13/h1-5,14H,6H2. The number of hydrogen-bond donors (Lipinski definition) is 1. The van der Waals surface area contributed by atoms with E-state index in [0.29, 0.717) is 10.9 Å². The maximum absolute atomic E-state index is 13.5. The number of halogens is 2. The van der Waals surface area contributed by atoms with Crippen molar-refractivity contribution in [2.75, 3.05) is 5.32 Å². The molecule has 4 nitrogen and oxygen atoms in total. The van der Waals surface area contributed by atoms with E-state index in [4.69, 9.17) is 11.6 Å². The summed E-state index contributed by atoms with van der Waals surface area (Å²) in [7, 11) is 0. The lowest BCUT2D eigenvalue weighted by Gasteiger charge is -2.05. The number of nitrogens with one attached hydrogen (secondary N) is 1. The first-order valence-corrected chi connectivity index (χ1v) is 6.18. The minimum absolute atomic E-state index is 0.227. The number of non-ortho nitro benzene ring substituents is 1. The van der Waals surface area contributed by atoms with Crippen molar-refractivity contribution in [3.63, 3.8) is 0 Å². The molecule has 94 valence electrons. The van der Waals surface area contributed by atoms with E-state index in [9.17, 15) is 14.5 Å². The molecule has 0 bridgehead atoms. The number of nitrogens with zero attached hydrogens (tertiary/aromatic N) is 1. The van der Waals surface area contributed by atoms with Crippen LogP contribution in [0.3, 0.4) is 0 Å². The number of nitro benzene ring substituents is 1. The van der Waals surface area contributed by atoms with Crippen LogP contribution < -0.4 is 5.32 Å². The smallest absolute Gasteiger partial charge is 0.272 e. The number of benzene rings is 1. The Morgan fingerprint density at radius 3 is 2.72 bits per heavy atom. The molecular weight excluding hydrogens is 279 g/mol. The minimum atomic E-state index is -0.646. The van der Waals surface area contributed by atoms with E-state index in [0.717, 1.165) is 10.9 Å². The van der Waals surface area contributed by atoms with Crippen molar-refractivity contribution < 1.29 is 9.31 Å². The fraction of sp³-hybridized carbons (Fsp3) is 0.0909. The van der Waals surface area contributed by atoms with Gasteiger partial charge in [0.25, 0.3) is 5.69 Å². The van der Waals surface area contributed by atoms with E-state index >= 15 is 0 Å². The van der Waals surface area contributed by atoms with Gasteiger partial charge in [0, 0.05) is 17.5 Å². The molecule has 2 rings (SSSR count). The first-order chi connectivity index (χ1) is 8.56. The zero-order valence-corrected chi connectivity index (χ0v) is 10.6. The van der Waals surface area contributed by atoms with Crippen LogP contribution in [-0.4, -0.2) is 4.92 Å². The number of nitro groups is 1. The first kappa shape index (κ1) is 12.8. The second kappa shape index (κ2) is 5.32. The van der Waals surface area contributed by atoms with Gasteiger partial charge < -0.3 is 5.32 Å². The SMILES string of the molecule is O=[N+]([O-])c1ccc(NCc2ccc(Cl)s2)c(F)c1. The molecule has 0 unspecified atom stereocenters. The van der Waals surface area contributed by atoms with Gasteiger partial charge in [0.2, 0.25) is 0 Å². The average molecular weight is 287 g/mol. The van der Waals surface area contributed by atoms with Crippen LogP contribution in [-0.2, 0) is 6.54 Å². The highest BCUT2D eigenvalue weighted by molar-refractivity contribution is 7.16. The lowest BCUT2D eigenvalue weighted by Crippen LogP contribution is -2.00. The Morgan fingerprint density at radius 1 is 1.39 bits per heavy atom. The summed E-state index contributed by atoms with van der Waals surface area (Å²) in [5, 5.41) is 13.3. The highest BCUT2D eigenvalue weighted by Crippen LogP contribution is 2.24. The largest absolute Gasteiger partial charge is 0.378 e. The number of rotatable bonds is 4. The molecule has 0 aliphatic rings. The third kappa shape index (κ3) is 2.96. The van der Waals surface area contributed by atoms with E-state index in [-0.39, 0.29) is 11.4 Å².